The molecule has 0 saturated heterocycles. The summed E-state index contributed by atoms with van der Waals surface area (Å²) in [5.74, 6) is 0. The molecule has 12 heavy (non-hydrogen) atoms. The first kappa shape index (κ1) is 7.71. The average molecular weight is 198 g/mol. The van der Waals surface area contributed by atoms with E-state index >= 15 is 0 Å². The second-order valence-corrected chi connectivity index (χ2v) is 3.73. The summed E-state index contributed by atoms with van der Waals surface area (Å²) in [6, 6.07) is 3.64. The SMILES string of the molecule is O=Cc1cc2ccnc(Cl)c2s1. The number of nitrogens with zero attached hydrogens (tertiary/aromatic N) is 1. The Bertz CT molecular complexity index is 438. The molecule has 0 aliphatic heterocycles. The van der Waals surface area contributed by atoms with Crippen molar-refractivity contribution in [2.75, 3.05) is 0 Å². The van der Waals surface area contributed by atoms with E-state index in [1.54, 1.807) is 12.3 Å². The number of hydrogen-bond donors (Lipinski definition) is 0. The van der Waals surface area contributed by atoms with Gasteiger partial charge in [-0.25, -0.2) is 4.98 Å². The Kier molecular flexibility index (Phi) is 1.83. The van der Waals surface area contributed by atoms with Crippen LogP contribution in [-0.2, 0) is 0 Å². The molecule has 2 aromatic heterocycles. The van der Waals surface area contributed by atoms with Crippen molar-refractivity contribution in [3.8, 4) is 0 Å². The Labute approximate surface area is 77.8 Å². The van der Waals surface area contributed by atoms with Crippen LogP contribution in [-0.4, -0.2) is 11.3 Å². The third kappa shape index (κ3) is 1.11. The first-order valence-corrected chi connectivity index (χ1v) is 4.50. The van der Waals surface area contributed by atoms with Crippen LogP contribution in [0.1, 0.15) is 9.67 Å². The van der Waals surface area contributed by atoms with Crippen molar-refractivity contribution in [3.05, 3.63) is 28.4 Å². The van der Waals surface area contributed by atoms with E-state index in [2.05, 4.69) is 4.98 Å². The topological polar surface area (TPSA) is 30.0 Å². The summed E-state index contributed by atoms with van der Waals surface area (Å²) in [5, 5.41) is 1.44. The van der Waals surface area contributed by atoms with Crippen molar-refractivity contribution in [3.63, 3.8) is 0 Å². The van der Waals surface area contributed by atoms with Crippen molar-refractivity contribution in [2.24, 2.45) is 0 Å². The third-order valence-electron chi connectivity index (χ3n) is 1.53. The van der Waals surface area contributed by atoms with Crippen LogP contribution in [0.15, 0.2) is 18.3 Å². The van der Waals surface area contributed by atoms with Gasteiger partial charge in [-0.1, -0.05) is 11.6 Å². The smallest absolute Gasteiger partial charge is 0.160 e. The van der Waals surface area contributed by atoms with Crippen LogP contribution in [0, 0.1) is 0 Å². The summed E-state index contributed by atoms with van der Waals surface area (Å²) in [6.45, 7) is 0. The highest BCUT2D eigenvalue weighted by molar-refractivity contribution is 7.21. The zero-order valence-electron chi connectivity index (χ0n) is 5.95. The maximum Gasteiger partial charge on any atom is 0.160 e. The monoisotopic (exact) mass is 197 g/mol. The lowest BCUT2D eigenvalue weighted by Gasteiger charge is -1.88. The van der Waals surface area contributed by atoms with E-state index in [4.69, 9.17) is 11.6 Å². The molecule has 0 fully saturated rings. The molecule has 0 aliphatic rings. The number of hydrogen-bond acceptors (Lipinski definition) is 3. The van der Waals surface area contributed by atoms with Gasteiger partial charge in [0.2, 0.25) is 0 Å². The van der Waals surface area contributed by atoms with Gasteiger partial charge in [-0.3, -0.25) is 4.79 Å². The largest absolute Gasteiger partial charge is 0.297 e. The Morgan fingerprint density at radius 3 is 3.08 bits per heavy atom. The third-order valence-corrected chi connectivity index (χ3v) is 3.01. The maximum atomic E-state index is 10.4. The Balaban J connectivity index is 2.82. The molecule has 0 bridgehead atoms. The van der Waals surface area contributed by atoms with Gasteiger partial charge >= 0.3 is 0 Å². The fourth-order valence-corrected chi connectivity index (χ4v) is 2.14. The van der Waals surface area contributed by atoms with Gasteiger partial charge in [-0.15, -0.1) is 11.3 Å². The Morgan fingerprint density at radius 2 is 2.42 bits per heavy atom. The minimum Gasteiger partial charge on any atom is -0.297 e. The highest BCUT2D eigenvalue weighted by Crippen LogP contribution is 2.28. The first-order chi connectivity index (χ1) is 5.81. The summed E-state index contributed by atoms with van der Waals surface area (Å²) in [6.07, 6.45) is 2.45. The number of carbonyl (C=O) groups excluding carboxylic acids is 1. The lowest BCUT2D eigenvalue weighted by Crippen LogP contribution is -1.70. The zero-order chi connectivity index (χ0) is 8.55. The minimum atomic E-state index is 0.464. The molecule has 2 nitrogen and oxygen atoms in total. The van der Waals surface area contributed by atoms with Crippen LogP contribution in [0.5, 0.6) is 0 Å². The van der Waals surface area contributed by atoms with Crippen molar-refractivity contribution in [2.45, 2.75) is 0 Å². The Hall–Kier alpha value is -0.930. The predicted molar refractivity (Wildman–Crippen MR) is 50.0 cm³/mol. The number of rotatable bonds is 1. The fraction of sp³-hybridized carbons (Fsp3) is 0. The summed E-state index contributed by atoms with van der Waals surface area (Å²) in [7, 11) is 0. The molecule has 0 aromatic carbocycles. The summed E-state index contributed by atoms with van der Waals surface area (Å²) in [5.41, 5.74) is 0. The molecule has 60 valence electrons. The molecule has 0 atom stereocenters. The number of carbonyl (C=O) groups is 1. The molecule has 0 N–H and O–H groups in total. The van der Waals surface area contributed by atoms with Gasteiger partial charge in [0, 0.05) is 6.20 Å². The summed E-state index contributed by atoms with van der Waals surface area (Å²) in [4.78, 5) is 15.0. The van der Waals surface area contributed by atoms with Gasteiger partial charge in [0.05, 0.1) is 9.58 Å². The normalized spacial score (nSPS) is 10.4. The van der Waals surface area contributed by atoms with E-state index in [-0.39, 0.29) is 0 Å². The number of aromatic nitrogens is 1. The molecular weight excluding hydrogens is 194 g/mol. The zero-order valence-corrected chi connectivity index (χ0v) is 7.52. The van der Waals surface area contributed by atoms with Gasteiger partial charge in [0.1, 0.15) is 5.15 Å². The highest BCUT2D eigenvalue weighted by Gasteiger charge is 2.03. The molecule has 2 heterocycles. The van der Waals surface area contributed by atoms with Crippen LogP contribution in [0.25, 0.3) is 10.1 Å². The number of thiophene rings is 1. The van der Waals surface area contributed by atoms with Gasteiger partial charge in [0.25, 0.3) is 0 Å². The van der Waals surface area contributed by atoms with Crippen molar-refractivity contribution in [1.82, 2.24) is 4.98 Å². The quantitative estimate of drug-likeness (QED) is 0.520. The summed E-state index contributed by atoms with van der Waals surface area (Å²) < 4.78 is 0.876. The number of halogens is 1. The lowest BCUT2D eigenvalue weighted by atomic mass is 10.3. The second-order valence-electron chi connectivity index (χ2n) is 2.29. The molecular formula is C8H4ClNOS. The minimum absolute atomic E-state index is 0.464. The second kappa shape index (κ2) is 2.84. The Morgan fingerprint density at radius 1 is 1.58 bits per heavy atom. The van der Waals surface area contributed by atoms with E-state index < -0.39 is 0 Å². The van der Waals surface area contributed by atoms with Gasteiger partial charge < -0.3 is 0 Å². The van der Waals surface area contributed by atoms with Gasteiger partial charge in [0.15, 0.2) is 6.29 Å². The standard InChI is InChI=1S/C8H4ClNOS/c9-8-7-5(1-2-10-8)3-6(4-11)12-7/h1-4H. The molecule has 0 saturated carbocycles. The van der Waals surface area contributed by atoms with E-state index in [9.17, 15) is 4.79 Å². The van der Waals surface area contributed by atoms with E-state index in [0.717, 1.165) is 16.4 Å². The molecule has 4 heteroatoms. The molecule has 0 unspecified atom stereocenters. The molecule has 0 radical (unpaired) electrons. The molecule has 0 amide bonds. The predicted octanol–water partition coefficient (Wildman–Crippen LogP) is 2.76. The average Bonchev–Trinajstić information content (AvgIpc) is 2.49. The molecule has 2 aromatic rings. The van der Waals surface area contributed by atoms with Crippen LogP contribution < -0.4 is 0 Å². The lowest BCUT2D eigenvalue weighted by molar-refractivity contribution is 0.112. The van der Waals surface area contributed by atoms with E-state index in [1.165, 1.54) is 11.3 Å². The van der Waals surface area contributed by atoms with E-state index in [0.29, 0.717) is 10.0 Å². The molecule has 2 rings (SSSR count). The van der Waals surface area contributed by atoms with Crippen LogP contribution >= 0.6 is 22.9 Å². The maximum absolute atomic E-state index is 10.4. The number of aldehydes is 1. The summed E-state index contributed by atoms with van der Waals surface area (Å²) >= 11 is 7.17. The van der Waals surface area contributed by atoms with Crippen molar-refractivity contribution in [1.29, 1.82) is 0 Å². The number of fused-ring (bicyclic) bond motifs is 1. The van der Waals surface area contributed by atoms with Gasteiger partial charge in [-0.05, 0) is 17.5 Å². The fourth-order valence-electron chi connectivity index (χ4n) is 1.01. The van der Waals surface area contributed by atoms with Gasteiger partial charge in [-0.2, -0.15) is 0 Å². The van der Waals surface area contributed by atoms with Crippen molar-refractivity contribution >= 4 is 39.3 Å². The van der Waals surface area contributed by atoms with Crippen LogP contribution in [0.4, 0.5) is 0 Å². The van der Waals surface area contributed by atoms with Crippen molar-refractivity contribution < 1.29 is 4.79 Å². The number of pyridine rings is 1. The van der Waals surface area contributed by atoms with E-state index in [1.807, 2.05) is 6.07 Å². The molecule has 0 spiro atoms. The first-order valence-electron chi connectivity index (χ1n) is 3.30. The molecule has 0 aliphatic carbocycles. The van der Waals surface area contributed by atoms with Crippen LogP contribution in [0.2, 0.25) is 5.15 Å². The van der Waals surface area contributed by atoms with Crippen LogP contribution in [0.3, 0.4) is 0 Å². The highest BCUT2D eigenvalue weighted by atomic mass is 35.5.